The molecule has 0 spiro atoms. The number of nitrogens with zero attached hydrogens (tertiary/aromatic N) is 2. The maximum absolute atomic E-state index is 12.6. The Bertz CT molecular complexity index is 633. The van der Waals surface area contributed by atoms with Crippen LogP contribution in [0.4, 0.5) is 0 Å². The summed E-state index contributed by atoms with van der Waals surface area (Å²) in [4.78, 5) is 18.8. The molecule has 1 fully saturated rings. The Hall–Kier alpha value is -2.14. The molecular weight excluding hydrogens is 268 g/mol. The van der Waals surface area contributed by atoms with Gasteiger partial charge < -0.3 is 14.4 Å². The second-order valence-corrected chi connectivity index (χ2v) is 5.26. The molecule has 1 amide bonds. The first-order chi connectivity index (χ1) is 10.2. The van der Waals surface area contributed by atoms with Gasteiger partial charge >= 0.3 is 0 Å². The smallest absolute Gasteiger partial charge is 0.256 e. The zero-order valence-electron chi connectivity index (χ0n) is 12.0. The maximum Gasteiger partial charge on any atom is 0.256 e. The summed E-state index contributed by atoms with van der Waals surface area (Å²) in [6.45, 7) is 2.19. The second-order valence-electron chi connectivity index (χ2n) is 5.26. The van der Waals surface area contributed by atoms with E-state index in [2.05, 4.69) is 4.98 Å². The zero-order valence-corrected chi connectivity index (χ0v) is 12.0. The second kappa shape index (κ2) is 5.69. The number of rotatable bonds is 5. The van der Waals surface area contributed by atoms with Crippen LogP contribution in [0.5, 0.6) is 0 Å². The minimum atomic E-state index is -0.0532. The number of aryl methyl sites for hydroxylation is 1. The molecule has 110 valence electrons. The van der Waals surface area contributed by atoms with Crippen molar-refractivity contribution in [3.05, 3.63) is 41.8 Å². The van der Waals surface area contributed by atoms with Gasteiger partial charge in [-0.05, 0) is 44.0 Å². The molecule has 0 aromatic carbocycles. The molecule has 2 aromatic rings. The van der Waals surface area contributed by atoms with Crippen molar-refractivity contribution >= 4 is 5.91 Å². The van der Waals surface area contributed by atoms with E-state index in [0.29, 0.717) is 29.3 Å². The van der Waals surface area contributed by atoms with Crippen molar-refractivity contribution in [2.75, 3.05) is 13.2 Å². The fraction of sp³-hybridized carbons (Fsp3) is 0.375. The van der Waals surface area contributed by atoms with E-state index < -0.39 is 0 Å². The lowest BCUT2D eigenvalue weighted by Gasteiger charge is -2.22. The Morgan fingerprint density at radius 1 is 1.43 bits per heavy atom. The molecule has 5 nitrogen and oxygen atoms in total. The molecule has 1 N–H and O–H groups in total. The molecule has 3 rings (SSSR count). The summed E-state index contributed by atoms with van der Waals surface area (Å²) >= 11 is 0. The number of hydrogen-bond donors (Lipinski definition) is 1. The molecule has 1 saturated carbocycles. The molecule has 5 heteroatoms. The van der Waals surface area contributed by atoms with E-state index in [-0.39, 0.29) is 18.6 Å². The molecular formula is C16H18N2O3. The molecule has 0 aliphatic heterocycles. The van der Waals surface area contributed by atoms with Gasteiger partial charge in [-0.15, -0.1) is 0 Å². The van der Waals surface area contributed by atoms with Gasteiger partial charge in [-0.25, -0.2) is 4.98 Å². The fourth-order valence-electron chi connectivity index (χ4n) is 2.45. The van der Waals surface area contributed by atoms with Crippen molar-refractivity contribution < 1.29 is 14.3 Å². The Morgan fingerprint density at radius 2 is 2.24 bits per heavy atom. The number of pyridine rings is 1. The van der Waals surface area contributed by atoms with Crippen LogP contribution >= 0.6 is 0 Å². The number of aromatic nitrogens is 1. The largest absolute Gasteiger partial charge is 0.463 e. The molecule has 0 bridgehead atoms. The summed E-state index contributed by atoms with van der Waals surface area (Å²) in [5.74, 6) is 0.633. The number of aliphatic hydroxyl groups excluding tert-OH is 1. The molecule has 0 saturated heterocycles. The van der Waals surface area contributed by atoms with Crippen molar-refractivity contribution in [3.63, 3.8) is 0 Å². The summed E-state index contributed by atoms with van der Waals surface area (Å²) in [5, 5.41) is 9.13. The summed E-state index contributed by atoms with van der Waals surface area (Å²) in [5.41, 5.74) is 1.98. The van der Waals surface area contributed by atoms with Gasteiger partial charge in [0.15, 0.2) is 5.76 Å². The Labute approximate surface area is 123 Å². The first kappa shape index (κ1) is 13.8. The summed E-state index contributed by atoms with van der Waals surface area (Å²) in [7, 11) is 0. The van der Waals surface area contributed by atoms with Crippen LogP contribution in [0.2, 0.25) is 0 Å². The lowest BCUT2D eigenvalue weighted by atomic mass is 10.1. The Kier molecular flexibility index (Phi) is 3.75. The molecule has 0 unspecified atom stereocenters. The fourth-order valence-corrected chi connectivity index (χ4v) is 2.45. The molecule has 21 heavy (non-hydrogen) atoms. The van der Waals surface area contributed by atoms with E-state index in [9.17, 15) is 4.79 Å². The SMILES string of the molecule is Cc1nc(-c2ccco2)ccc1C(=O)N(CCO)C1CC1. The molecule has 0 atom stereocenters. The minimum absolute atomic E-state index is 0.0147. The van der Waals surface area contributed by atoms with E-state index in [0.717, 1.165) is 12.8 Å². The van der Waals surface area contributed by atoms with Crippen molar-refractivity contribution in [1.29, 1.82) is 0 Å². The number of hydrogen-bond acceptors (Lipinski definition) is 4. The number of carbonyl (C=O) groups excluding carboxylic acids is 1. The standard InChI is InChI=1S/C16H18N2O3/c1-11-13(16(20)18(8-9-19)12-4-5-12)6-7-14(17-11)15-3-2-10-21-15/h2-3,6-7,10,12,19H,4-5,8-9H2,1H3. The summed E-state index contributed by atoms with van der Waals surface area (Å²) < 4.78 is 5.32. The monoisotopic (exact) mass is 286 g/mol. The van der Waals surface area contributed by atoms with Crippen LogP contribution in [0.3, 0.4) is 0 Å². The third-order valence-corrected chi connectivity index (χ3v) is 3.68. The number of furan rings is 1. The van der Waals surface area contributed by atoms with Gasteiger partial charge in [-0.1, -0.05) is 0 Å². The lowest BCUT2D eigenvalue weighted by molar-refractivity contribution is 0.0706. The normalized spacial score (nSPS) is 14.2. The maximum atomic E-state index is 12.6. The van der Waals surface area contributed by atoms with Gasteiger partial charge in [0, 0.05) is 12.6 Å². The molecule has 0 radical (unpaired) electrons. The van der Waals surface area contributed by atoms with E-state index in [1.807, 2.05) is 19.1 Å². The van der Waals surface area contributed by atoms with E-state index in [4.69, 9.17) is 9.52 Å². The predicted molar refractivity (Wildman–Crippen MR) is 77.8 cm³/mol. The lowest BCUT2D eigenvalue weighted by Crippen LogP contribution is -2.36. The first-order valence-electron chi connectivity index (χ1n) is 7.14. The summed E-state index contributed by atoms with van der Waals surface area (Å²) in [6.07, 6.45) is 3.63. The van der Waals surface area contributed by atoms with Crippen molar-refractivity contribution in [1.82, 2.24) is 9.88 Å². The average molecular weight is 286 g/mol. The van der Waals surface area contributed by atoms with Crippen LogP contribution < -0.4 is 0 Å². The van der Waals surface area contributed by atoms with Crippen LogP contribution in [0.15, 0.2) is 34.9 Å². The molecule has 2 heterocycles. The highest BCUT2D eigenvalue weighted by Gasteiger charge is 2.33. The number of aliphatic hydroxyl groups is 1. The van der Waals surface area contributed by atoms with Crippen LogP contribution in [-0.2, 0) is 0 Å². The number of amides is 1. The first-order valence-corrected chi connectivity index (χ1v) is 7.14. The van der Waals surface area contributed by atoms with Gasteiger partial charge in [-0.3, -0.25) is 4.79 Å². The Balaban J connectivity index is 1.86. The van der Waals surface area contributed by atoms with E-state index in [1.54, 1.807) is 23.3 Å². The van der Waals surface area contributed by atoms with Crippen LogP contribution in [0.1, 0.15) is 28.9 Å². The summed E-state index contributed by atoms with van der Waals surface area (Å²) in [6, 6.07) is 7.50. The van der Waals surface area contributed by atoms with Gasteiger partial charge in [0.2, 0.25) is 0 Å². The molecule has 1 aliphatic carbocycles. The van der Waals surface area contributed by atoms with Crippen molar-refractivity contribution in [2.24, 2.45) is 0 Å². The van der Waals surface area contributed by atoms with E-state index in [1.165, 1.54) is 0 Å². The van der Waals surface area contributed by atoms with Crippen molar-refractivity contribution in [2.45, 2.75) is 25.8 Å². The third kappa shape index (κ3) is 2.83. The Morgan fingerprint density at radius 3 is 2.81 bits per heavy atom. The van der Waals surface area contributed by atoms with Crippen molar-refractivity contribution in [3.8, 4) is 11.5 Å². The quantitative estimate of drug-likeness (QED) is 0.915. The van der Waals surface area contributed by atoms with E-state index >= 15 is 0 Å². The highest BCUT2D eigenvalue weighted by molar-refractivity contribution is 5.95. The van der Waals surface area contributed by atoms with Gasteiger partial charge in [0.05, 0.1) is 24.1 Å². The highest BCUT2D eigenvalue weighted by Crippen LogP contribution is 2.29. The highest BCUT2D eigenvalue weighted by atomic mass is 16.3. The molecule has 1 aliphatic rings. The van der Waals surface area contributed by atoms with Gasteiger partial charge in [-0.2, -0.15) is 0 Å². The third-order valence-electron chi connectivity index (χ3n) is 3.68. The van der Waals surface area contributed by atoms with Crippen LogP contribution in [-0.4, -0.2) is 40.1 Å². The topological polar surface area (TPSA) is 66.6 Å². The average Bonchev–Trinajstić information content (AvgIpc) is 3.17. The minimum Gasteiger partial charge on any atom is -0.463 e. The predicted octanol–water partition coefficient (Wildman–Crippen LogP) is 2.25. The van der Waals surface area contributed by atoms with Crippen LogP contribution in [0.25, 0.3) is 11.5 Å². The van der Waals surface area contributed by atoms with Crippen LogP contribution in [0, 0.1) is 6.92 Å². The van der Waals surface area contributed by atoms with Gasteiger partial charge in [0.1, 0.15) is 5.69 Å². The number of carbonyl (C=O) groups is 1. The zero-order chi connectivity index (χ0) is 14.8. The van der Waals surface area contributed by atoms with Gasteiger partial charge in [0.25, 0.3) is 5.91 Å². The molecule has 2 aromatic heterocycles.